The van der Waals surface area contributed by atoms with E-state index in [-0.39, 0.29) is 28.7 Å². The molecule has 2 aromatic carbocycles. The second-order valence-electron chi connectivity index (χ2n) is 5.69. The highest BCUT2D eigenvalue weighted by Crippen LogP contribution is 2.28. The Morgan fingerprint density at radius 2 is 1.86 bits per heavy atom. The van der Waals surface area contributed by atoms with Crippen LogP contribution < -0.4 is 9.46 Å². The van der Waals surface area contributed by atoms with Gasteiger partial charge in [-0.05, 0) is 42.5 Å². The van der Waals surface area contributed by atoms with E-state index >= 15 is 0 Å². The van der Waals surface area contributed by atoms with Crippen LogP contribution in [0.25, 0.3) is 11.3 Å². The van der Waals surface area contributed by atoms with Crippen LogP contribution in [-0.4, -0.2) is 20.5 Å². The van der Waals surface area contributed by atoms with Crippen molar-refractivity contribution in [2.45, 2.75) is 11.4 Å². The number of nitrogens with one attached hydrogen (secondary N) is 1. The van der Waals surface area contributed by atoms with E-state index in [1.807, 2.05) is 0 Å². The molecule has 3 rings (SSSR count). The molecule has 0 unspecified atom stereocenters. The average molecular weight is 406 g/mol. The summed E-state index contributed by atoms with van der Waals surface area (Å²) in [6, 6.07) is 12.1. The highest BCUT2D eigenvalue weighted by molar-refractivity contribution is 7.89. The van der Waals surface area contributed by atoms with Gasteiger partial charge in [-0.1, -0.05) is 0 Å². The number of halogens is 1. The molecule has 0 spiro atoms. The van der Waals surface area contributed by atoms with Crippen LogP contribution >= 0.6 is 0 Å². The number of nitrogens with zero attached hydrogens (tertiary/aromatic N) is 1. The number of nitro benzene ring substituents is 1. The van der Waals surface area contributed by atoms with Gasteiger partial charge in [-0.25, -0.2) is 17.5 Å². The van der Waals surface area contributed by atoms with Gasteiger partial charge in [-0.3, -0.25) is 10.1 Å². The summed E-state index contributed by atoms with van der Waals surface area (Å²) < 4.78 is 51.0. The number of benzene rings is 2. The third-order valence-corrected chi connectivity index (χ3v) is 5.30. The molecule has 0 aliphatic rings. The maximum Gasteiger partial charge on any atom is 0.271 e. The second-order valence-corrected chi connectivity index (χ2v) is 7.43. The number of ether oxygens (including phenoxy) is 1. The Balaban J connectivity index is 1.80. The predicted molar refractivity (Wildman–Crippen MR) is 97.8 cm³/mol. The van der Waals surface area contributed by atoms with Gasteiger partial charge < -0.3 is 9.15 Å². The van der Waals surface area contributed by atoms with Crippen LogP contribution in [0, 0.1) is 15.9 Å². The van der Waals surface area contributed by atoms with Crippen molar-refractivity contribution in [3.8, 4) is 17.1 Å². The summed E-state index contributed by atoms with van der Waals surface area (Å²) >= 11 is 0. The summed E-state index contributed by atoms with van der Waals surface area (Å²) in [5.74, 6) is 0.355. The van der Waals surface area contributed by atoms with Gasteiger partial charge in [0, 0.05) is 17.7 Å². The fourth-order valence-corrected chi connectivity index (χ4v) is 3.65. The first-order chi connectivity index (χ1) is 13.3. The first-order valence-electron chi connectivity index (χ1n) is 7.97. The van der Waals surface area contributed by atoms with Crippen molar-refractivity contribution in [2.75, 3.05) is 7.11 Å². The quantitative estimate of drug-likeness (QED) is 0.475. The summed E-state index contributed by atoms with van der Waals surface area (Å²) in [5, 5.41) is 10.9. The zero-order chi connectivity index (χ0) is 20.3. The van der Waals surface area contributed by atoms with E-state index in [0.29, 0.717) is 17.1 Å². The van der Waals surface area contributed by atoms with Gasteiger partial charge in [-0.15, -0.1) is 0 Å². The van der Waals surface area contributed by atoms with Crippen LogP contribution in [0.4, 0.5) is 10.1 Å². The molecular weight excluding hydrogens is 391 g/mol. The van der Waals surface area contributed by atoms with Crippen LogP contribution in [0.2, 0.25) is 0 Å². The molecule has 8 nitrogen and oxygen atoms in total. The zero-order valence-corrected chi connectivity index (χ0v) is 15.4. The second kappa shape index (κ2) is 7.79. The van der Waals surface area contributed by atoms with Crippen molar-refractivity contribution in [1.82, 2.24) is 4.72 Å². The van der Waals surface area contributed by atoms with E-state index in [2.05, 4.69) is 4.72 Å². The Morgan fingerprint density at radius 3 is 2.50 bits per heavy atom. The van der Waals surface area contributed by atoms with E-state index in [0.717, 1.165) is 12.1 Å². The fourth-order valence-electron chi connectivity index (χ4n) is 2.48. The minimum atomic E-state index is -4.11. The van der Waals surface area contributed by atoms with E-state index in [1.165, 1.54) is 37.4 Å². The molecule has 0 fully saturated rings. The molecule has 3 aromatic rings. The monoisotopic (exact) mass is 406 g/mol. The molecule has 1 heterocycles. The Morgan fingerprint density at radius 1 is 1.14 bits per heavy atom. The third kappa shape index (κ3) is 4.18. The number of sulfonamides is 1. The third-order valence-electron chi connectivity index (χ3n) is 3.87. The van der Waals surface area contributed by atoms with Gasteiger partial charge in [0.05, 0.1) is 18.6 Å². The molecule has 0 bridgehead atoms. The van der Waals surface area contributed by atoms with Crippen LogP contribution in [0.3, 0.4) is 0 Å². The predicted octanol–water partition coefficient (Wildman–Crippen LogP) is 3.48. The van der Waals surface area contributed by atoms with Crippen LogP contribution in [0.1, 0.15) is 5.76 Å². The summed E-state index contributed by atoms with van der Waals surface area (Å²) in [7, 11) is -2.84. The Bertz CT molecular complexity index is 1110. The Kier molecular flexibility index (Phi) is 5.43. The lowest BCUT2D eigenvalue weighted by atomic mass is 10.2. The summed E-state index contributed by atoms with van der Waals surface area (Å²) in [4.78, 5) is 9.88. The smallest absolute Gasteiger partial charge is 0.271 e. The van der Waals surface area contributed by atoms with Crippen molar-refractivity contribution in [3.63, 3.8) is 0 Å². The van der Waals surface area contributed by atoms with Crippen LogP contribution in [0.5, 0.6) is 5.75 Å². The molecule has 0 atom stereocenters. The highest BCUT2D eigenvalue weighted by Gasteiger charge is 2.23. The number of hydrogen-bond acceptors (Lipinski definition) is 6. The number of non-ortho nitro benzene ring substituents is 1. The van der Waals surface area contributed by atoms with Gasteiger partial charge in [0.2, 0.25) is 10.0 Å². The zero-order valence-electron chi connectivity index (χ0n) is 14.6. The molecule has 10 heteroatoms. The summed E-state index contributed by atoms with van der Waals surface area (Å²) in [5.41, 5.74) is 0.258. The summed E-state index contributed by atoms with van der Waals surface area (Å²) in [6.45, 7) is -0.185. The fraction of sp³-hybridized carbons (Fsp3) is 0.111. The SMILES string of the molecule is COc1ccc([N+](=O)[O-])cc1S(=O)(=O)NCc1ccc(-c2ccc(F)cc2)o1. The normalized spacial score (nSPS) is 11.4. The standard InChI is InChI=1S/C18H15FN2O6S/c1-26-17-8-6-14(21(22)23)10-18(17)28(24,25)20-11-15-7-9-16(27-15)12-2-4-13(19)5-3-12/h2-10,20H,11H2,1H3. The first kappa shape index (κ1) is 19.5. The topological polar surface area (TPSA) is 112 Å². The first-order valence-corrected chi connectivity index (χ1v) is 9.45. The molecule has 0 radical (unpaired) electrons. The van der Waals surface area contributed by atoms with Crippen molar-refractivity contribution >= 4 is 15.7 Å². The number of methoxy groups -OCH3 is 1. The van der Waals surface area contributed by atoms with E-state index in [4.69, 9.17) is 9.15 Å². The van der Waals surface area contributed by atoms with Gasteiger partial charge >= 0.3 is 0 Å². The van der Waals surface area contributed by atoms with Gasteiger partial charge in [0.1, 0.15) is 28.0 Å². The van der Waals surface area contributed by atoms with E-state index in [9.17, 15) is 22.9 Å². The number of nitro groups is 1. The molecule has 28 heavy (non-hydrogen) atoms. The van der Waals surface area contributed by atoms with Crippen LogP contribution in [0.15, 0.2) is 63.9 Å². The highest BCUT2D eigenvalue weighted by atomic mass is 32.2. The Labute approximate surface area is 159 Å². The number of furan rings is 1. The van der Waals surface area contributed by atoms with Crippen molar-refractivity contribution < 1.29 is 26.9 Å². The van der Waals surface area contributed by atoms with Crippen molar-refractivity contribution in [3.05, 3.63) is 76.3 Å². The average Bonchev–Trinajstić information content (AvgIpc) is 3.15. The lowest BCUT2D eigenvalue weighted by Gasteiger charge is -2.10. The van der Waals surface area contributed by atoms with E-state index < -0.39 is 14.9 Å². The maximum absolute atomic E-state index is 13.0. The molecule has 1 N–H and O–H groups in total. The van der Waals surface area contributed by atoms with Crippen LogP contribution in [-0.2, 0) is 16.6 Å². The molecule has 0 aliphatic heterocycles. The minimum Gasteiger partial charge on any atom is -0.495 e. The van der Waals surface area contributed by atoms with Crippen molar-refractivity contribution in [1.29, 1.82) is 0 Å². The molecule has 0 amide bonds. The van der Waals surface area contributed by atoms with Crippen molar-refractivity contribution in [2.24, 2.45) is 0 Å². The van der Waals surface area contributed by atoms with Gasteiger partial charge in [-0.2, -0.15) is 0 Å². The molecule has 0 saturated carbocycles. The Hall–Kier alpha value is -3.24. The van der Waals surface area contributed by atoms with Gasteiger partial charge in [0.15, 0.2) is 0 Å². The molecule has 0 saturated heterocycles. The lowest BCUT2D eigenvalue weighted by Crippen LogP contribution is -2.23. The van der Waals surface area contributed by atoms with Gasteiger partial charge in [0.25, 0.3) is 5.69 Å². The number of rotatable bonds is 7. The maximum atomic E-state index is 13.0. The molecule has 0 aliphatic carbocycles. The molecule has 1 aromatic heterocycles. The van der Waals surface area contributed by atoms with E-state index in [1.54, 1.807) is 12.1 Å². The number of hydrogen-bond donors (Lipinski definition) is 1. The molecular formula is C18H15FN2O6S. The minimum absolute atomic E-state index is 0.0236. The largest absolute Gasteiger partial charge is 0.495 e. The molecule has 146 valence electrons. The lowest BCUT2D eigenvalue weighted by molar-refractivity contribution is -0.385. The summed E-state index contributed by atoms with van der Waals surface area (Å²) in [6.07, 6.45) is 0.